The molecule has 2 rings (SSSR count). The van der Waals surface area contributed by atoms with Crippen molar-refractivity contribution in [3.8, 4) is 0 Å². The lowest BCUT2D eigenvalue weighted by Gasteiger charge is -2.11. The SMILES string of the molecule is Cn1c(=O)c2ccccc2c(=O)n1CCN. The van der Waals surface area contributed by atoms with Gasteiger partial charge in [0.05, 0.1) is 17.3 Å². The molecule has 16 heavy (non-hydrogen) atoms. The monoisotopic (exact) mass is 219 g/mol. The number of nitrogens with zero attached hydrogens (tertiary/aromatic N) is 2. The van der Waals surface area contributed by atoms with Crippen LogP contribution < -0.4 is 16.9 Å². The molecule has 5 heteroatoms. The number of hydrogen-bond acceptors (Lipinski definition) is 3. The van der Waals surface area contributed by atoms with Crippen LogP contribution in [0, 0.1) is 0 Å². The van der Waals surface area contributed by atoms with Crippen LogP contribution in [0.1, 0.15) is 0 Å². The minimum absolute atomic E-state index is 0.177. The van der Waals surface area contributed by atoms with Crippen molar-refractivity contribution in [2.45, 2.75) is 6.54 Å². The largest absolute Gasteiger partial charge is 0.329 e. The Morgan fingerprint density at radius 3 is 2.25 bits per heavy atom. The summed E-state index contributed by atoms with van der Waals surface area (Å²) in [6.45, 7) is 0.668. The van der Waals surface area contributed by atoms with E-state index in [1.807, 2.05) is 0 Å². The van der Waals surface area contributed by atoms with E-state index in [0.29, 0.717) is 23.9 Å². The van der Waals surface area contributed by atoms with E-state index < -0.39 is 0 Å². The molecule has 0 unspecified atom stereocenters. The fraction of sp³-hybridized carbons (Fsp3) is 0.273. The topological polar surface area (TPSA) is 70.0 Å². The van der Waals surface area contributed by atoms with Gasteiger partial charge in [-0.25, -0.2) is 4.68 Å². The third-order valence-electron chi connectivity index (χ3n) is 2.62. The standard InChI is InChI=1S/C11H13N3O2/c1-13-10(15)8-4-2-3-5-9(8)11(16)14(13)7-6-12/h2-5H,6-7,12H2,1H3. The molecule has 0 fully saturated rings. The maximum atomic E-state index is 12.0. The minimum Gasteiger partial charge on any atom is -0.329 e. The summed E-state index contributed by atoms with van der Waals surface area (Å²) < 4.78 is 2.68. The Hall–Kier alpha value is -1.88. The third-order valence-corrected chi connectivity index (χ3v) is 2.62. The zero-order valence-electron chi connectivity index (χ0n) is 9.01. The number of aromatic nitrogens is 2. The van der Waals surface area contributed by atoms with E-state index in [2.05, 4.69) is 0 Å². The van der Waals surface area contributed by atoms with Gasteiger partial charge < -0.3 is 5.73 Å². The minimum atomic E-state index is -0.178. The lowest BCUT2D eigenvalue weighted by Crippen LogP contribution is -2.38. The Kier molecular flexibility index (Phi) is 2.62. The van der Waals surface area contributed by atoms with Gasteiger partial charge in [-0.15, -0.1) is 0 Å². The molecule has 2 aromatic rings. The number of hydrogen-bond donors (Lipinski definition) is 1. The molecule has 0 aliphatic heterocycles. The maximum absolute atomic E-state index is 12.0. The quantitative estimate of drug-likeness (QED) is 0.751. The fourth-order valence-corrected chi connectivity index (χ4v) is 1.79. The van der Waals surface area contributed by atoms with Crippen LogP contribution in [0.25, 0.3) is 10.8 Å². The average Bonchev–Trinajstić information content (AvgIpc) is 2.32. The van der Waals surface area contributed by atoms with E-state index in [9.17, 15) is 9.59 Å². The Bertz CT molecular complexity index is 640. The molecule has 84 valence electrons. The van der Waals surface area contributed by atoms with E-state index in [1.165, 1.54) is 9.36 Å². The van der Waals surface area contributed by atoms with Gasteiger partial charge in [0.15, 0.2) is 0 Å². The highest BCUT2D eigenvalue weighted by Crippen LogP contribution is 2.02. The predicted octanol–water partition coefficient (Wildman–Crippen LogP) is -0.341. The zero-order valence-corrected chi connectivity index (χ0v) is 9.01. The van der Waals surface area contributed by atoms with E-state index in [1.54, 1.807) is 31.3 Å². The molecule has 0 saturated carbocycles. The van der Waals surface area contributed by atoms with Crippen molar-refractivity contribution < 1.29 is 0 Å². The molecule has 2 N–H and O–H groups in total. The van der Waals surface area contributed by atoms with Gasteiger partial charge in [-0.3, -0.25) is 14.3 Å². The van der Waals surface area contributed by atoms with E-state index >= 15 is 0 Å². The molecule has 1 heterocycles. The highest BCUT2D eigenvalue weighted by atomic mass is 16.2. The summed E-state index contributed by atoms with van der Waals surface area (Å²) in [5.41, 5.74) is 5.06. The van der Waals surface area contributed by atoms with Crippen LogP contribution in [0.5, 0.6) is 0 Å². The van der Waals surface area contributed by atoms with Gasteiger partial charge in [0.1, 0.15) is 0 Å². The fourth-order valence-electron chi connectivity index (χ4n) is 1.79. The van der Waals surface area contributed by atoms with Gasteiger partial charge in [0, 0.05) is 13.6 Å². The van der Waals surface area contributed by atoms with Crippen molar-refractivity contribution in [3.05, 3.63) is 45.0 Å². The molecular formula is C11H13N3O2. The lowest BCUT2D eigenvalue weighted by atomic mass is 10.2. The summed E-state index contributed by atoms with van der Waals surface area (Å²) >= 11 is 0. The molecule has 0 atom stereocenters. The van der Waals surface area contributed by atoms with E-state index in [-0.39, 0.29) is 11.1 Å². The molecule has 0 bridgehead atoms. The van der Waals surface area contributed by atoms with Crippen molar-refractivity contribution in [2.24, 2.45) is 12.8 Å². The molecule has 0 amide bonds. The maximum Gasteiger partial charge on any atom is 0.273 e. The summed E-state index contributed by atoms with van der Waals surface area (Å²) in [5.74, 6) is 0. The number of fused-ring (bicyclic) bond motifs is 1. The average molecular weight is 219 g/mol. The second-order valence-electron chi connectivity index (χ2n) is 3.59. The van der Waals surface area contributed by atoms with Gasteiger partial charge in [0.2, 0.25) is 0 Å². The summed E-state index contributed by atoms with van der Waals surface area (Å²) in [7, 11) is 1.58. The number of rotatable bonds is 2. The van der Waals surface area contributed by atoms with Crippen molar-refractivity contribution in [3.63, 3.8) is 0 Å². The molecule has 0 radical (unpaired) electrons. The van der Waals surface area contributed by atoms with Crippen molar-refractivity contribution in [1.29, 1.82) is 0 Å². The Labute approximate surface area is 91.7 Å². The summed E-state index contributed by atoms with van der Waals surface area (Å²) in [6.07, 6.45) is 0. The summed E-state index contributed by atoms with van der Waals surface area (Å²) in [5, 5.41) is 0.891. The second kappa shape index (κ2) is 3.94. The van der Waals surface area contributed by atoms with Crippen LogP contribution >= 0.6 is 0 Å². The first-order valence-electron chi connectivity index (χ1n) is 5.05. The molecule has 0 saturated heterocycles. The summed E-state index contributed by atoms with van der Waals surface area (Å²) in [6, 6.07) is 6.81. The Balaban J connectivity index is 2.95. The van der Waals surface area contributed by atoms with Gasteiger partial charge in [-0.05, 0) is 12.1 Å². The van der Waals surface area contributed by atoms with Crippen molar-refractivity contribution >= 4 is 10.8 Å². The van der Waals surface area contributed by atoms with Crippen LogP contribution in [0.2, 0.25) is 0 Å². The highest BCUT2D eigenvalue weighted by molar-refractivity contribution is 5.80. The van der Waals surface area contributed by atoms with Gasteiger partial charge >= 0.3 is 0 Å². The highest BCUT2D eigenvalue weighted by Gasteiger charge is 2.08. The molecule has 5 nitrogen and oxygen atoms in total. The van der Waals surface area contributed by atoms with Gasteiger partial charge in [-0.2, -0.15) is 0 Å². The normalized spacial score (nSPS) is 10.9. The Morgan fingerprint density at radius 2 is 1.69 bits per heavy atom. The molecule has 1 aromatic carbocycles. The molecular weight excluding hydrogens is 206 g/mol. The third kappa shape index (κ3) is 1.45. The molecule has 0 aliphatic carbocycles. The first kappa shape index (κ1) is 10.6. The van der Waals surface area contributed by atoms with Gasteiger partial charge in [-0.1, -0.05) is 12.1 Å². The van der Waals surface area contributed by atoms with Crippen LogP contribution in [-0.2, 0) is 13.6 Å². The van der Waals surface area contributed by atoms with E-state index in [4.69, 9.17) is 5.73 Å². The van der Waals surface area contributed by atoms with E-state index in [0.717, 1.165) is 0 Å². The number of nitrogens with two attached hydrogens (primary N) is 1. The van der Waals surface area contributed by atoms with Crippen LogP contribution in [0.4, 0.5) is 0 Å². The molecule has 1 aromatic heterocycles. The Morgan fingerprint density at radius 1 is 1.12 bits per heavy atom. The predicted molar refractivity (Wildman–Crippen MR) is 62.5 cm³/mol. The van der Waals surface area contributed by atoms with Gasteiger partial charge in [0.25, 0.3) is 11.1 Å². The first-order chi connectivity index (χ1) is 7.66. The number of benzene rings is 1. The lowest BCUT2D eigenvalue weighted by molar-refractivity contribution is 0.476. The molecule has 0 spiro atoms. The van der Waals surface area contributed by atoms with Crippen LogP contribution in [0.15, 0.2) is 33.9 Å². The van der Waals surface area contributed by atoms with Crippen LogP contribution in [0.3, 0.4) is 0 Å². The second-order valence-corrected chi connectivity index (χ2v) is 3.59. The van der Waals surface area contributed by atoms with Crippen molar-refractivity contribution in [1.82, 2.24) is 9.36 Å². The smallest absolute Gasteiger partial charge is 0.273 e. The first-order valence-corrected chi connectivity index (χ1v) is 5.05. The molecule has 0 aliphatic rings. The van der Waals surface area contributed by atoms with Crippen molar-refractivity contribution in [2.75, 3.05) is 6.54 Å². The summed E-state index contributed by atoms with van der Waals surface area (Å²) in [4.78, 5) is 24.0. The van der Waals surface area contributed by atoms with Crippen LogP contribution in [-0.4, -0.2) is 15.9 Å². The zero-order chi connectivity index (χ0) is 11.7.